The number of carbonyl (C=O) groups is 1. The second-order valence-electron chi connectivity index (χ2n) is 8.24. The first kappa shape index (κ1) is 21.3. The molecule has 6 rings (SSSR count). The van der Waals surface area contributed by atoms with E-state index in [2.05, 4.69) is 20.0 Å². The number of aromatic nitrogens is 4. The minimum Gasteiger partial charge on any atom is -0.422 e. The summed E-state index contributed by atoms with van der Waals surface area (Å²) < 4.78 is 7.07. The fraction of sp³-hybridized carbons (Fsp3) is 0.160. The third-order valence-electron chi connectivity index (χ3n) is 6.14. The number of piperazine rings is 1. The number of hydrogen-bond acceptors (Lipinski definition) is 7. The summed E-state index contributed by atoms with van der Waals surface area (Å²) in [6, 6.07) is 16.2. The van der Waals surface area contributed by atoms with Crippen LogP contribution in [0.4, 0.5) is 5.82 Å². The van der Waals surface area contributed by atoms with Crippen LogP contribution in [0.1, 0.15) is 10.4 Å². The first-order chi connectivity index (χ1) is 17.1. The molecule has 3 aromatic heterocycles. The molecule has 0 aliphatic carbocycles. The van der Waals surface area contributed by atoms with Gasteiger partial charge in [-0.1, -0.05) is 35.9 Å². The lowest BCUT2D eigenvalue weighted by Crippen LogP contribution is -2.49. The van der Waals surface area contributed by atoms with Crippen LogP contribution in [-0.2, 0) is 0 Å². The molecule has 0 unspecified atom stereocenters. The Morgan fingerprint density at radius 3 is 2.63 bits per heavy atom. The van der Waals surface area contributed by atoms with Crippen molar-refractivity contribution in [2.45, 2.75) is 0 Å². The smallest absolute Gasteiger partial charge is 0.349 e. The van der Waals surface area contributed by atoms with E-state index in [1.54, 1.807) is 40.0 Å². The molecule has 0 N–H and O–H groups in total. The molecule has 1 aliphatic heterocycles. The normalized spacial score (nSPS) is 14.1. The number of hydrogen-bond donors (Lipinski definition) is 0. The van der Waals surface area contributed by atoms with Crippen LogP contribution in [0.3, 0.4) is 0 Å². The number of benzene rings is 2. The summed E-state index contributed by atoms with van der Waals surface area (Å²) >= 11 is 6.15. The van der Waals surface area contributed by atoms with Crippen molar-refractivity contribution in [3.8, 4) is 5.69 Å². The molecular weight excluding hydrogens is 468 g/mol. The van der Waals surface area contributed by atoms with Crippen molar-refractivity contribution in [3.05, 3.63) is 88.1 Å². The molecule has 10 heteroatoms. The Kier molecular flexibility index (Phi) is 5.18. The monoisotopic (exact) mass is 486 g/mol. The fourth-order valence-corrected chi connectivity index (χ4v) is 4.57. The van der Waals surface area contributed by atoms with Gasteiger partial charge in [-0.3, -0.25) is 4.79 Å². The SMILES string of the molecule is O=C(c1cc2ccccc2oc1=O)N1CCN(c2ncnc3c2cnn3-c2cccc(Cl)c2)CC1. The fourth-order valence-electron chi connectivity index (χ4n) is 4.38. The summed E-state index contributed by atoms with van der Waals surface area (Å²) in [6.45, 7) is 2.00. The van der Waals surface area contributed by atoms with Gasteiger partial charge < -0.3 is 14.2 Å². The second kappa shape index (κ2) is 8.52. The number of fused-ring (bicyclic) bond motifs is 2. The van der Waals surface area contributed by atoms with E-state index < -0.39 is 5.63 Å². The third-order valence-corrected chi connectivity index (χ3v) is 6.37. The number of para-hydroxylation sites is 1. The van der Waals surface area contributed by atoms with Crippen molar-refractivity contribution in [1.29, 1.82) is 0 Å². The van der Waals surface area contributed by atoms with Crippen LogP contribution in [0, 0.1) is 0 Å². The van der Waals surface area contributed by atoms with Crippen LogP contribution < -0.4 is 10.5 Å². The zero-order chi connectivity index (χ0) is 23.9. The van der Waals surface area contributed by atoms with E-state index in [9.17, 15) is 9.59 Å². The van der Waals surface area contributed by atoms with Gasteiger partial charge in [-0.2, -0.15) is 5.10 Å². The minimum atomic E-state index is -0.623. The Labute approximate surface area is 204 Å². The standard InChI is InChI=1S/C25H19ClN6O3/c26-17-5-3-6-18(13-17)32-23-20(14-29-32)22(27-15-28-23)30-8-10-31(11-9-30)24(33)19-12-16-4-1-2-7-21(16)35-25(19)34/h1-7,12-15H,8-11H2. The predicted octanol–water partition coefficient (Wildman–Crippen LogP) is 3.54. The second-order valence-corrected chi connectivity index (χ2v) is 8.67. The van der Waals surface area contributed by atoms with Crippen molar-refractivity contribution in [1.82, 2.24) is 24.6 Å². The van der Waals surface area contributed by atoms with E-state index in [-0.39, 0.29) is 11.5 Å². The topological polar surface area (TPSA) is 97.4 Å². The van der Waals surface area contributed by atoms with E-state index in [1.807, 2.05) is 30.3 Å². The quantitative estimate of drug-likeness (QED) is 0.360. The van der Waals surface area contributed by atoms with Gasteiger partial charge in [-0.15, -0.1) is 0 Å². The van der Waals surface area contributed by atoms with Gasteiger partial charge in [0.1, 0.15) is 23.3 Å². The maximum atomic E-state index is 13.1. The molecule has 1 amide bonds. The first-order valence-corrected chi connectivity index (χ1v) is 11.5. The van der Waals surface area contributed by atoms with E-state index in [0.29, 0.717) is 47.8 Å². The highest BCUT2D eigenvalue weighted by Gasteiger charge is 2.27. The number of carbonyl (C=O) groups excluding carboxylic acids is 1. The van der Waals surface area contributed by atoms with Crippen LogP contribution >= 0.6 is 11.6 Å². The predicted molar refractivity (Wildman–Crippen MR) is 132 cm³/mol. The van der Waals surface area contributed by atoms with Crippen LogP contribution in [-0.4, -0.2) is 56.7 Å². The minimum absolute atomic E-state index is 0.0457. The van der Waals surface area contributed by atoms with Gasteiger partial charge >= 0.3 is 5.63 Å². The van der Waals surface area contributed by atoms with Crippen LogP contribution in [0.5, 0.6) is 0 Å². The van der Waals surface area contributed by atoms with E-state index in [4.69, 9.17) is 16.0 Å². The van der Waals surface area contributed by atoms with Gasteiger partial charge in [0.25, 0.3) is 5.91 Å². The Hall–Kier alpha value is -4.24. The van der Waals surface area contributed by atoms with Gasteiger partial charge in [0.2, 0.25) is 0 Å². The molecule has 0 atom stereocenters. The highest BCUT2D eigenvalue weighted by molar-refractivity contribution is 6.30. The molecule has 0 saturated carbocycles. The third kappa shape index (κ3) is 3.79. The molecule has 0 spiro atoms. The number of rotatable bonds is 3. The van der Waals surface area contributed by atoms with E-state index in [1.165, 1.54) is 6.33 Å². The molecule has 1 saturated heterocycles. The zero-order valence-corrected chi connectivity index (χ0v) is 19.2. The largest absolute Gasteiger partial charge is 0.422 e. The van der Waals surface area contributed by atoms with Gasteiger partial charge in [0, 0.05) is 36.6 Å². The van der Waals surface area contributed by atoms with Gasteiger partial charge in [0.05, 0.1) is 17.3 Å². The van der Waals surface area contributed by atoms with Crippen LogP contribution in [0.25, 0.3) is 27.7 Å². The summed E-state index contributed by atoms with van der Waals surface area (Å²) in [5.74, 6) is 0.423. The maximum Gasteiger partial charge on any atom is 0.349 e. The van der Waals surface area contributed by atoms with E-state index >= 15 is 0 Å². The molecule has 0 radical (unpaired) electrons. The molecule has 35 heavy (non-hydrogen) atoms. The van der Waals surface area contributed by atoms with Gasteiger partial charge in [-0.05, 0) is 30.3 Å². The lowest BCUT2D eigenvalue weighted by Gasteiger charge is -2.35. The summed E-state index contributed by atoms with van der Waals surface area (Å²) in [7, 11) is 0. The van der Waals surface area contributed by atoms with Crippen molar-refractivity contribution in [2.75, 3.05) is 31.1 Å². The van der Waals surface area contributed by atoms with Gasteiger partial charge in [0.15, 0.2) is 5.65 Å². The molecule has 0 bridgehead atoms. The molecular formula is C25H19ClN6O3. The number of amides is 1. The molecule has 174 valence electrons. The highest BCUT2D eigenvalue weighted by Crippen LogP contribution is 2.26. The number of halogens is 1. The Morgan fingerprint density at radius 2 is 1.80 bits per heavy atom. The summed E-state index contributed by atoms with van der Waals surface area (Å²) in [4.78, 5) is 38.2. The molecule has 2 aromatic carbocycles. The van der Waals surface area contributed by atoms with Crippen molar-refractivity contribution in [3.63, 3.8) is 0 Å². The first-order valence-electron chi connectivity index (χ1n) is 11.1. The summed E-state index contributed by atoms with van der Waals surface area (Å²) in [5, 5.41) is 6.64. The summed E-state index contributed by atoms with van der Waals surface area (Å²) in [5.41, 5.74) is 1.36. The molecule has 1 aliphatic rings. The number of nitrogens with zero attached hydrogens (tertiary/aromatic N) is 6. The van der Waals surface area contributed by atoms with Crippen LogP contribution in [0.15, 0.2) is 76.3 Å². The molecule has 5 aromatic rings. The Balaban J connectivity index is 1.24. The highest BCUT2D eigenvalue weighted by atomic mass is 35.5. The van der Waals surface area contributed by atoms with Crippen molar-refractivity contribution < 1.29 is 9.21 Å². The zero-order valence-electron chi connectivity index (χ0n) is 18.5. The Bertz CT molecular complexity index is 1640. The van der Waals surface area contributed by atoms with Crippen LogP contribution in [0.2, 0.25) is 5.02 Å². The molecule has 1 fully saturated rings. The van der Waals surface area contributed by atoms with Crippen molar-refractivity contribution in [2.24, 2.45) is 0 Å². The van der Waals surface area contributed by atoms with E-state index in [0.717, 1.165) is 16.9 Å². The summed E-state index contributed by atoms with van der Waals surface area (Å²) in [6.07, 6.45) is 3.25. The molecule has 9 nitrogen and oxygen atoms in total. The Morgan fingerprint density at radius 1 is 0.971 bits per heavy atom. The maximum absolute atomic E-state index is 13.1. The van der Waals surface area contributed by atoms with Crippen molar-refractivity contribution >= 4 is 45.3 Å². The van der Waals surface area contributed by atoms with Gasteiger partial charge in [-0.25, -0.2) is 19.4 Å². The average Bonchev–Trinajstić information content (AvgIpc) is 3.32. The average molecular weight is 487 g/mol. The lowest BCUT2D eigenvalue weighted by molar-refractivity contribution is 0.0742. The lowest BCUT2D eigenvalue weighted by atomic mass is 10.1. The molecule has 4 heterocycles. The number of anilines is 1.